The SMILES string of the molecule is C=C(/N=C1\C(=C/N)N(C)C(=O)CN1C1CCCC1)c1ccncc1N. The summed E-state index contributed by atoms with van der Waals surface area (Å²) in [5, 5.41) is 0. The van der Waals surface area contributed by atoms with E-state index in [9.17, 15) is 4.79 Å². The highest BCUT2D eigenvalue weighted by molar-refractivity contribution is 6.08. The Labute approximate surface area is 147 Å². The zero-order valence-electron chi connectivity index (χ0n) is 14.5. The minimum atomic E-state index is 0.0107. The third-order valence-electron chi connectivity index (χ3n) is 4.87. The van der Waals surface area contributed by atoms with Gasteiger partial charge in [-0.2, -0.15) is 0 Å². The highest BCUT2D eigenvalue weighted by Crippen LogP contribution is 2.30. The molecule has 2 heterocycles. The highest BCUT2D eigenvalue weighted by Gasteiger charge is 2.36. The number of nitrogens with two attached hydrogens (primary N) is 2. The zero-order valence-corrected chi connectivity index (χ0v) is 14.5. The molecule has 7 nitrogen and oxygen atoms in total. The Balaban J connectivity index is 2.01. The molecular formula is C18H24N6O. The molecule has 0 aromatic carbocycles. The molecular weight excluding hydrogens is 316 g/mol. The lowest BCUT2D eigenvalue weighted by Gasteiger charge is -2.40. The molecule has 4 N–H and O–H groups in total. The van der Waals surface area contributed by atoms with Crippen LogP contribution in [0.25, 0.3) is 5.70 Å². The average molecular weight is 340 g/mol. The number of carbonyl (C=O) groups is 1. The van der Waals surface area contributed by atoms with Crippen molar-refractivity contribution >= 4 is 23.1 Å². The van der Waals surface area contributed by atoms with Gasteiger partial charge in [-0.25, -0.2) is 4.99 Å². The second-order valence-electron chi connectivity index (χ2n) is 6.42. The van der Waals surface area contributed by atoms with Crippen LogP contribution in [0.1, 0.15) is 31.2 Å². The predicted molar refractivity (Wildman–Crippen MR) is 99.1 cm³/mol. The molecule has 1 amide bonds. The predicted octanol–water partition coefficient (Wildman–Crippen LogP) is 1.55. The Hall–Kier alpha value is -2.83. The molecule has 2 aliphatic rings. The number of amides is 1. The molecule has 1 aliphatic carbocycles. The van der Waals surface area contributed by atoms with Crippen molar-refractivity contribution in [3.8, 4) is 0 Å². The van der Waals surface area contributed by atoms with Crippen molar-refractivity contribution in [2.45, 2.75) is 31.7 Å². The topological polar surface area (TPSA) is 101 Å². The van der Waals surface area contributed by atoms with Crippen molar-refractivity contribution in [2.75, 3.05) is 19.3 Å². The fourth-order valence-electron chi connectivity index (χ4n) is 3.44. The summed E-state index contributed by atoms with van der Waals surface area (Å²) < 4.78 is 0. The Kier molecular flexibility index (Phi) is 4.74. The van der Waals surface area contributed by atoms with E-state index in [4.69, 9.17) is 16.5 Å². The maximum Gasteiger partial charge on any atom is 0.246 e. The van der Waals surface area contributed by atoms with Gasteiger partial charge in [0.2, 0.25) is 5.91 Å². The summed E-state index contributed by atoms with van der Waals surface area (Å²) in [7, 11) is 1.71. The van der Waals surface area contributed by atoms with Crippen LogP contribution in [0, 0.1) is 0 Å². The summed E-state index contributed by atoms with van der Waals surface area (Å²) in [4.78, 5) is 24.7. The molecule has 1 saturated heterocycles. The van der Waals surface area contributed by atoms with Gasteiger partial charge >= 0.3 is 0 Å². The van der Waals surface area contributed by atoms with Crippen LogP contribution >= 0.6 is 0 Å². The third-order valence-corrected chi connectivity index (χ3v) is 4.87. The first kappa shape index (κ1) is 17.0. The molecule has 25 heavy (non-hydrogen) atoms. The number of hydrogen-bond donors (Lipinski definition) is 2. The lowest BCUT2D eigenvalue weighted by atomic mass is 10.1. The number of piperazine rings is 1. The Morgan fingerprint density at radius 1 is 1.44 bits per heavy atom. The molecule has 0 bridgehead atoms. The molecule has 1 saturated carbocycles. The van der Waals surface area contributed by atoms with Crippen LogP contribution < -0.4 is 11.5 Å². The van der Waals surface area contributed by atoms with Crippen LogP contribution in [-0.2, 0) is 4.79 Å². The Bertz CT molecular complexity index is 748. The third kappa shape index (κ3) is 3.22. The molecule has 1 aromatic heterocycles. The van der Waals surface area contributed by atoms with Gasteiger partial charge in [0.1, 0.15) is 5.70 Å². The first-order chi connectivity index (χ1) is 12.0. The molecule has 0 radical (unpaired) electrons. The fourth-order valence-corrected chi connectivity index (χ4v) is 3.44. The second-order valence-corrected chi connectivity index (χ2v) is 6.42. The molecule has 1 aliphatic heterocycles. The summed E-state index contributed by atoms with van der Waals surface area (Å²) in [6.07, 6.45) is 9.10. The van der Waals surface area contributed by atoms with Crippen molar-refractivity contribution in [3.63, 3.8) is 0 Å². The van der Waals surface area contributed by atoms with Gasteiger partial charge in [-0.15, -0.1) is 0 Å². The fraction of sp³-hybridized carbons (Fsp3) is 0.389. The maximum atomic E-state index is 12.4. The average Bonchev–Trinajstić information content (AvgIpc) is 3.13. The van der Waals surface area contributed by atoms with E-state index in [1.54, 1.807) is 30.4 Å². The number of hydrogen-bond acceptors (Lipinski definition) is 5. The number of nitrogens with zero attached hydrogens (tertiary/aromatic N) is 4. The van der Waals surface area contributed by atoms with E-state index in [0.29, 0.717) is 35.5 Å². The molecule has 0 unspecified atom stereocenters. The minimum absolute atomic E-state index is 0.0107. The minimum Gasteiger partial charge on any atom is -0.403 e. The maximum absolute atomic E-state index is 12.4. The van der Waals surface area contributed by atoms with Gasteiger partial charge in [-0.05, 0) is 18.9 Å². The van der Waals surface area contributed by atoms with Gasteiger partial charge in [0.25, 0.3) is 0 Å². The largest absolute Gasteiger partial charge is 0.403 e. The van der Waals surface area contributed by atoms with Crippen molar-refractivity contribution in [3.05, 3.63) is 42.5 Å². The summed E-state index contributed by atoms with van der Waals surface area (Å²) in [5.74, 6) is 0.689. The van der Waals surface area contributed by atoms with Crippen LogP contribution in [0.3, 0.4) is 0 Å². The number of likely N-dealkylation sites (N-methyl/N-ethyl adjacent to an activating group) is 1. The monoisotopic (exact) mass is 340 g/mol. The van der Waals surface area contributed by atoms with Crippen LogP contribution in [0.4, 0.5) is 5.69 Å². The summed E-state index contributed by atoms with van der Waals surface area (Å²) in [6, 6.07) is 2.08. The molecule has 2 fully saturated rings. The van der Waals surface area contributed by atoms with Crippen LogP contribution in [-0.4, -0.2) is 46.2 Å². The van der Waals surface area contributed by atoms with Crippen molar-refractivity contribution in [2.24, 2.45) is 10.7 Å². The lowest BCUT2D eigenvalue weighted by Crippen LogP contribution is -2.54. The normalized spacial score (nSPS) is 22.2. The van der Waals surface area contributed by atoms with E-state index in [1.807, 2.05) is 0 Å². The van der Waals surface area contributed by atoms with Crippen LogP contribution in [0.5, 0.6) is 0 Å². The first-order valence-electron chi connectivity index (χ1n) is 8.46. The van der Waals surface area contributed by atoms with Crippen molar-refractivity contribution < 1.29 is 4.79 Å². The molecule has 3 rings (SSSR count). The van der Waals surface area contributed by atoms with Gasteiger partial charge in [-0.1, -0.05) is 19.4 Å². The first-order valence-corrected chi connectivity index (χ1v) is 8.46. The summed E-state index contributed by atoms with van der Waals surface area (Å²) in [6.45, 7) is 4.36. The number of aliphatic imine (C=N–C) groups is 1. The lowest BCUT2D eigenvalue weighted by molar-refractivity contribution is -0.129. The van der Waals surface area contributed by atoms with E-state index in [-0.39, 0.29) is 5.91 Å². The number of nitrogen functional groups attached to an aromatic ring is 1. The van der Waals surface area contributed by atoms with E-state index >= 15 is 0 Å². The molecule has 132 valence electrons. The Morgan fingerprint density at radius 3 is 2.80 bits per heavy atom. The number of pyridine rings is 1. The molecule has 0 atom stereocenters. The summed E-state index contributed by atoms with van der Waals surface area (Å²) in [5.41, 5.74) is 14.2. The van der Waals surface area contributed by atoms with Gasteiger partial charge in [0.05, 0.1) is 24.1 Å². The Morgan fingerprint density at radius 2 is 2.16 bits per heavy atom. The number of amidine groups is 1. The van der Waals surface area contributed by atoms with E-state index in [0.717, 1.165) is 18.4 Å². The second kappa shape index (κ2) is 6.96. The number of carbonyl (C=O) groups excluding carboxylic acids is 1. The van der Waals surface area contributed by atoms with E-state index in [1.165, 1.54) is 19.0 Å². The number of anilines is 1. The van der Waals surface area contributed by atoms with Gasteiger partial charge < -0.3 is 21.3 Å². The van der Waals surface area contributed by atoms with Crippen molar-refractivity contribution in [1.82, 2.24) is 14.8 Å². The molecule has 1 aromatic rings. The number of aromatic nitrogens is 1. The van der Waals surface area contributed by atoms with Crippen LogP contribution in [0.2, 0.25) is 0 Å². The standard InChI is InChI=1S/C18H24N6O/c1-12(14-7-8-21-10-15(14)20)22-18-16(9-19)23(2)17(25)11-24(18)13-5-3-4-6-13/h7-10,13H,1,3-6,11,19-20H2,2H3/b16-9+,22-18+. The van der Waals surface area contributed by atoms with Gasteiger partial charge in [0, 0.05) is 31.0 Å². The van der Waals surface area contributed by atoms with Gasteiger partial charge in [-0.3, -0.25) is 9.78 Å². The molecule has 7 heteroatoms. The molecule has 0 spiro atoms. The highest BCUT2D eigenvalue weighted by atomic mass is 16.2. The quantitative estimate of drug-likeness (QED) is 0.869. The number of rotatable bonds is 3. The van der Waals surface area contributed by atoms with E-state index in [2.05, 4.69) is 16.5 Å². The van der Waals surface area contributed by atoms with E-state index < -0.39 is 0 Å². The van der Waals surface area contributed by atoms with Crippen LogP contribution in [0.15, 0.2) is 41.9 Å². The van der Waals surface area contributed by atoms with Gasteiger partial charge in [0.15, 0.2) is 5.84 Å². The van der Waals surface area contributed by atoms with Crippen molar-refractivity contribution in [1.29, 1.82) is 0 Å². The zero-order chi connectivity index (χ0) is 18.0. The smallest absolute Gasteiger partial charge is 0.246 e. The summed E-state index contributed by atoms with van der Waals surface area (Å²) >= 11 is 0.